The van der Waals surface area contributed by atoms with Gasteiger partial charge in [0, 0.05) is 56.1 Å². The summed E-state index contributed by atoms with van der Waals surface area (Å²) in [5.41, 5.74) is 1.33. The van der Waals surface area contributed by atoms with Crippen molar-refractivity contribution in [3.63, 3.8) is 0 Å². The molecule has 1 N–H and O–H groups in total. The second kappa shape index (κ2) is 28.9. The summed E-state index contributed by atoms with van der Waals surface area (Å²) in [6.45, 7) is 6.03. The van der Waals surface area contributed by atoms with Crippen LogP contribution in [0.3, 0.4) is 0 Å². The molecule has 0 aromatic heterocycles. The molecular formula is C59H63N3O20S6. The highest BCUT2D eigenvalue weighted by Gasteiger charge is 2.49. The quantitative estimate of drug-likeness (QED) is 0.0230. The molecule has 470 valence electrons. The molecule has 3 unspecified atom stereocenters. The SMILES string of the molecule is CCCCS(=O)(=O)ON1C(=O)c2cccc3c(SCCO)ccc(c23)C1=O.CCOCOCSc1ccc2c3c(cccc13)C(=O)N(OS(C)(=O)=O)C2=O.COCCOCCSc1ccc2c3c(cccc13)C(=O)N(OS(=O)(=O)C1CC3CCC1C3)C2=O. The van der Waals surface area contributed by atoms with Crippen molar-refractivity contribution in [2.75, 3.05) is 76.4 Å². The van der Waals surface area contributed by atoms with Crippen molar-refractivity contribution < 1.29 is 90.9 Å². The highest BCUT2D eigenvalue weighted by Crippen LogP contribution is 2.48. The van der Waals surface area contributed by atoms with E-state index in [-0.39, 0.29) is 63.5 Å². The van der Waals surface area contributed by atoms with Gasteiger partial charge in [-0.2, -0.15) is 25.3 Å². The third-order valence-electron chi connectivity index (χ3n) is 14.8. The second-order valence-electron chi connectivity index (χ2n) is 20.6. The molecule has 6 aromatic carbocycles. The molecule has 11 rings (SSSR count). The summed E-state index contributed by atoms with van der Waals surface area (Å²) in [6, 6.07) is 25.2. The summed E-state index contributed by atoms with van der Waals surface area (Å²) in [4.78, 5) is 79.7. The molecule has 5 aliphatic rings. The molecule has 3 atom stereocenters. The average molecular weight is 1330 g/mol. The number of aliphatic hydroxyl groups excluding tert-OH is 1. The van der Waals surface area contributed by atoms with Crippen LogP contribution in [-0.2, 0) is 62.2 Å². The zero-order valence-corrected chi connectivity index (χ0v) is 53.1. The first-order valence-electron chi connectivity index (χ1n) is 27.9. The Morgan fingerprint density at radius 2 is 1.01 bits per heavy atom. The monoisotopic (exact) mass is 1330 g/mol. The number of methoxy groups -OCH3 is 1. The van der Waals surface area contributed by atoms with Gasteiger partial charge < -0.3 is 24.1 Å². The molecule has 88 heavy (non-hydrogen) atoms. The zero-order chi connectivity index (χ0) is 63.1. The number of fused-ring (bicyclic) bond motifs is 2. The first kappa shape index (κ1) is 66.5. The lowest BCUT2D eigenvalue weighted by molar-refractivity contribution is -0.0311. The highest BCUT2D eigenvalue weighted by molar-refractivity contribution is 8.00. The number of hydrogen-bond acceptors (Lipinski definition) is 23. The van der Waals surface area contributed by atoms with Gasteiger partial charge in [0.1, 0.15) is 6.79 Å². The van der Waals surface area contributed by atoms with Crippen LogP contribution in [0.15, 0.2) is 106 Å². The molecular weight excluding hydrogens is 1260 g/mol. The van der Waals surface area contributed by atoms with Crippen LogP contribution in [0.5, 0.6) is 0 Å². The Morgan fingerprint density at radius 1 is 0.534 bits per heavy atom. The van der Waals surface area contributed by atoms with Crippen LogP contribution < -0.4 is 0 Å². The number of carbonyl (C=O) groups is 6. The summed E-state index contributed by atoms with van der Waals surface area (Å²) < 4.78 is 109. The normalized spacial score (nSPS) is 18.0. The minimum absolute atomic E-state index is 0.00268. The molecule has 0 saturated heterocycles. The lowest BCUT2D eigenvalue weighted by atomic mass is 9.95. The van der Waals surface area contributed by atoms with Crippen molar-refractivity contribution in [1.82, 2.24) is 15.2 Å². The number of hydrogen-bond donors (Lipinski definition) is 1. The zero-order valence-electron chi connectivity index (χ0n) is 48.2. The lowest BCUT2D eigenvalue weighted by Crippen LogP contribution is -2.44. The van der Waals surface area contributed by atoms with Gasteiger partial charge in [-0.3, -0.25) is 28.8 Å². The van der Waals surface area contributed by atoms with Gasteiger partial charge in [0.05, 0.1) is 83.0 Å². The molecule has 2 fully saturated rings. The van der Waals surface area contributed by atoms with Gasteiger partial charge in [-0.15, -0.1) is 51.6 Å². The lowest BCUT2D eigenvalue weighted by Gasteiger charge is -2.28. The van der Waals surface area contributed by atoms with Crippen LogP contribution in [0, 0.1) is 11.8 Å². The van der Waals surface area contributed by atoms with E-state index in [9.17, 15) is 54.0 Å². The minimum atomic E-state index is -4.10. The van der Waals surface area contributed by atoms with E-state index in [0.29, 0.717) is 106 Å². The topological polar surface area (TPSA) is 299 Å². The molecule has 6 aromatic rings. The third-order valence-corrected chi connectivity index (χ3v) is 21.1. The van der Waals surface area contributed by atoms with E-state index in [4.69, 9.17) is 32.6 Å². The fourth-order valence-corrected chi connectivity index (χ4v) is 16.6. The summed E-state index contributed by atoms with van der Waals surface area (Å²) in [5.74, 6) is -3.08. The van der Waals surface area contributed by atoms with E-state index in [1.807, 2.05) is 26.0 Å². The van der Waals surface area contributed by atoms with Gasteiger partial charge in [0.2, 0.25) is 0 Å². The molecule has 3 heterocycles. The van der Waals surface area contributed by atoms with E-state index in [1.54, 1.807) is 85.6 Å². The van der Waals surface area contributed by atoms with E-state index in [0.717, 1.165) is 45.6 Å². The van der Waals surface area contributed by atoms with Gasteiger partial charge in [-0.05, 0) is 115 Å². The number of nitrogens with zero attached hydrogens (tertiary/aromatic N) is 3. The number of rotatable bonds is 26. The fraction of sp³-hybridized carbons (Fsp3) is 0.390. The van der Waals surface area contributed by atoms with Crippen molar-refractivity contribution in [2.45, 2.75) is 72.3 Å². The Labute approximate surface area is 521 Å². The Balaban J connectivity index is 0.000000159. The molecule has 2 bridgehead atoms. The van der Waals surface area contributed by atoms with E-state index in [2.05, 4.69) is 4.28 Å². The van der Waals surface area contributed by atoms with Gasteiger partial charge >= 0.3 is 0 Å². The average Bonchev–Trinajstić information content (AvgIpc) is 1.14. The molecule has 29 heteroatoms. The van der Waals surface area contributed by atoms with Gasteiger partial charge in [0.25, 0.3) is 65.8 Å². The Hall–Kier alpha value is -5.90. The van der Waals surface area contributed by atoms with Crippen LogP contribution in [0.2, 0.25) is 0 Å². The molecule has 0 radical (unpaired) electrons. The number of carbonyl (C=O) groups excluding carboxylic acids is 6. The van der Waals surface area contributed by atoms with Crippen LogP contribution in [0.1, 0.15) is 115 Å². The number of unbranched alkanes of at least 4 members (excludes halogenated alkanes) is 1. The molecule has 2 saturated carbocycles. The second-order valence-corrected chi connectivity index (χ2v) is 28.8. The maximum atomic E-state index is 13.2. The number of ether oxygens (including phenoxy) is 4. The van der Waals surface area contributed by atoms with Crippen molar-refractivity contribution >= 4 is 133 Å². The van der Waals surface area contributed by atoms with Crippen molar-refractivity contribution in [1.29, 1.82) is 0 Å². The third kappa shape index (κ3) is 14.6. The number of thioether (sulfide) groups is 3. The highest BCUT2D eigenvalue weighted by atomic mass is 32.2. The van der Waals surface area contributed by atoms with Crippen LogP contribution in [0.4, 0.5) is 0 Å². The van der Waals surface area contributed by atoms with Crippen LogP contribution in [0.25, 0.3) is 32.3 Å². The smallest absolute Gasteiger partial charge is 0.291 e. The number of hydroxylamine groups is 6. The Morgan fingerprint density at radius 3 is 1.45 bits per heavy atom. The van der Waals surface area contributed by atoms with E-state index in [1.165, 1.54) is 35.7 Å². The predicted octanol–water partition coefficient (Wildman–Crippen LogP) is 8.61. The predicted molar refractivity (Wildman–Crippen MR) is 328 cm³/mol. The van der Waals surface area contributed by atoms with Crippen molar-refractivity contribution in [3.05, 3.63) is 124 Å². The molecule has 2 aliphatic carbocycles. The molecule has 23 nitrogen and oxygen atoms in total. The van der Waals surface area contributed by atoms with Crippen molar-refractivity contribution in [2.24, 2.45) is 11.8 Å². The largest absolute Gasteiger partial charge is 0.396 e. The summed E-state index contributed by atoms with van der Waals surface area (Å²) in [5, 5.41) is 13.1. The molecule has 6 amide bonds. The maximum Gasteiger partial charge on any atom is 0.291 e. The van der Waals surface area contributed by atoms with Gasteiger partial charge in [0.15, 0.2) is 0 Å². The minimum Gasteiger partial charge on any atom is -0.396 e. The van der Waals surface area contributed by atoms with E-state index >= 15 is 0 Å². The fourth-order valence-electron chi connectivity index (χ4n) is 10.9. The first-order valence-corrected chi connectivity index (χ1v) is 35.8. The van der Waals surface area contributed by atoms with Crippen LogP contribution >= 0.6 is 35.3 Å². The standard InChI is InChI=1S/C24H27NO7S2.C18H19NO6S2.C17H17NO7S2/c1-30-9-10-31-11-12-33-20-8-7-19-22-17(20)3-2-4-18(22)23(26)25(24(19)27)32-34(28,29)21-14-15-5-6-16(21)13-15;1-2-3-11-27(23,24)25-19-17(21)13-6-4-5-12-15(26-10-9-20)8-7-14(16(12)13)18(19)22;1-3-23-9-24-10-26-14-8-7-13-15-11(14)5-4-6-12(15)16(19)18(17(13)20)25-27(2,21)22/h2-4,7-8,15-16,21H,5-6,9-14H2,1H3;4-8,20H,2-3,9-11H2,1H3;4-8H,3,9-10H2,1-2H3. The summed E-state index contributed by atoms with van der Waals surface area (Å²) in [7, 11) is -10.6. The molecule has 3 aliphatic heterocycles. The van der Waals surface area contributed by atoms with Crippen molar-refractivity contribution in [3.8, 4) is 0 Å². The van der Waals surface area contributed by atoms with Gasteiger partial charge in [-0.1, -0.05) is 67.9 Å². The first-order chi connectivity index (χ1) is 42.1. The van der Waals surface area contributed by atoms with Crippen LogP contribution in [-0.4, -0.2) is 163 Å². The van der Waals surface area contributed by atoms with E-state index < -0.39 is 71.0 Å². The number of imide groups is 3. The number of aliphatic hydroxyl groups is 1. The maximum absolute atomic E-state index is 13.2. The summed E-state index contributed by atoms with van der Waals surface area (Å²) >= 11 is 4.38. The Bertz CT molecular complexity index is 3990. The molecule has 0 spiro atoms. The Kier molecular flexibility index (Phi) is 21.9. The number of benzene rings is 6. The van der Waals surface area contributed by atoms with Gasteiger partial charge in [-0.25, -0.2) is 0 Å². The number of amides is 6. The summed E-state index contributed by atoms with van der Waals surface area (Å²) in [6.07, 6.45) is 5.07.